The maximum absolute atomic E-state index is 13.8. The minimum Gasteiger partial charge on any atom is -0.397 e. The zero-order chi connectivity index (χ0) is 26.2. The van der Waals surface area contributed by atoms with Gasteiger partial charge in [0, 0.05) is 30.9 Å². The van der Waals surface area contributed by atoms with Gasteiger partial charge in [-0.05, 0) is 93.4 Å². The summed E-state index contributed by atoms with van der Waals surface area (Å²) in [6.07, 6.45) is 3.38. The van der Waals surface area contributed by atoms with Gasteiger partial charge in [0.2, 0.25) is 0 Å². The van der Waals surface area contributed by atoms with Crippen LogP contribution in [0.25, 0.3) is 0 Å². The van der Waals surface area contributed by atoms with Crippen molar-refractivity contribution in [2.75, 3.05) is 43.1 Å². The number of benzene rings is 3. The van der Waals surface area contributed by atoms with Crippen LogP contribution in [0.4, 0.5) is 21.9 Å². The molecule has 5 rings (SSSR count). The molecule has 1 unspecified atom stereocenters. The number of nitrogens with one attached hydrogen (secondary N) is 1. The van der Waals surface area contributed by atoms with Crippen LogP contribution in [-0.2, 0) is 19.4 Å². The van der Waals surface area contributed by atoms with Gasteiger partial charge in [-0.25, -0.2) is 4.79 Å². The van der Waals surface area contributed by atoms with E-state index in [0.717, 1.165) is 30.6 Å². The van der Waals surface area contributed by atoms with Gasteiger partial charge in [-0.1, -0.05) is 30.3 Å². The highest BCUT2D eigenvalue weighted by atomic mass is 16.2. The molecule has 1 aliphatic heterocycles. The van der Waals surface area contributed by atoms with Crippen LogP contribution in [0.15, 0.2) is 66.7 Å². The van der Waals surface area contributed by atoms with Gasteiger partial charge in [-0.15, -0.1) is 0 Å². The normalized spacial score (nSPS) is 19.0. The molecule has 0 saturated carbocycles. The first-order valence-electron chi connectivity index (χ1n) is 12.8. The molecule has 1 heterocycles. The number of rotatable bonds is 7. The number of nitrogens with two attached hydrogens (primary N) is 1. The molecule has 3 N–H and O–H groups in total. The zero-order valence-electron chi connectivity index (χ0n) is 21.8. The number of fused-ring (bicyclic) bond motifs is 1. The van der Waals surface area contributed by atoms with Crippen LogP contribution >= 0.6 is 0 Å². The Labute approximate surface area is 218 Å². The van der Waals surface area contributed by atoms with E-state index in [-0.39, 0.29) is 17.5 Å². The smallest absolute Gasteiger partial charge is 0.325 e. The summed E-state index contributed by atoms with van der Waals surface area (Å²) in [5, 5.41) is 2.86. The van der Waals surface area contributed by atoms with E-state index in [1.807, 2.05) is 48.2 Å². The van der Waals surface area contributed by atoms with Gasteiger partial charge in [0.1, 0.15) is 0 Å². The Bertz CT molecular complexity index is 1320. The van der Waals surface area contributed by atoms with E-state index < -0.39 is 0 Å². The Balaban J connectivity index is 1.33. The standard InChI is InChI=1S/C30H35N5O2/c1-30(19-33(2)3)20-34(29(37)35(30)25-16-15-22-7-6-8-24(22)17-25)18-21-11-13-23(14-12-21)28(36)32-27-10-5-4-9-26(27)31/h4-5,9-17H,6-8,18-20,31H2,1-3H3,(H,32,36). The van der Waals surface area contributed by atoms with E-state index in [1.54, 1.807) is 24.3 Å². The third-order valence-corrected chi connectivity index (χ3v) is 7.33. The molecule has 0 bridgehead atoms. The fourth-order valence-corrected chi connectivity index (χ4v) is 5.75. The third-order valence-electron chi connectivity index (χ3n) is 7.33. The van der Waals surface area contributed by atoms with Gasteiger partial charge in [0.05, 0.1) is 16.9 Å². The molecule has 37 heavy (non-hydrogen) atoms. The van der Waals surface area contributed by atoms with Gasteiger partial charge >= 0.3 is 6.03 Å². The van der Waals surface area contributed by atoms with Crippen LogP contribution in [0.5, 0.6) is 0 Å². The van der Waals surface area contributed by atoms with E-state index in [1.165, 1.54) is 17.5 Å². The third kappa shape index (κ3) is 5.04. The number of urea groups is 1. The first-order chi connectivity index (χ1) is 17.7. The topological polar surface area (TPSA) is 81.9 Å². The van der Waals surface area contributed by atoms with Crippen molar-refractivity contribution < 1.29 is 9.59 Å². The Morgan fingerprint density at radius 3 is 2.49 bits per heavy atom. The Morgan fingerprint density at radius 1 is 1.03 bits per heavy atom. The van der Waals surface area contributed by atoms with Crippen molar-refractivity contribution in [2.45, 2.75) is 38.3 Å². The predicted molar refractivity (Wildman–Crippen MR) is 149 cm³/mol. The summed E-state index contributed by atoms with van der Waals surface area (Å²) in [4.78, 5) is 32.5. The number of nitrogen functional groups attached to an aromatic ring is 1. The Morgan fingerprint density at radius 2 is 1.76 bits per heavy atom. The van der Waals surface area contributed by atoms with E-state index >= 15 is 0 Å². The number of para-hydroxylation sites is 2. The number of nitrogens with zero attached hydrogens (tertiary/aromatic N) is 3. The Kier molecular flexibility index (Phi) is 6.65. The first-order valence-corrected chi connectivity index (χ1v) is 12.8. The lowest BCUT2D eigenvalue weighted by molar-refractivity contribution is 0.102. The monoisotopic (exact) mass is 497 g/mol. The summed E-state index contributed by atoms with van der Waals surface area (Å²) in [6, 6.07) is 21.1. The lowest BCUT2D eigenvalue weighted by atomic mass is 9.99. The average molecular weight is 498 g/mol. The molecule has 1 fully saturated rings. The molecule has 0 spiro atoms. The number of amides is 3. The molecule has 3 aromatic carbocycles. The van der Waals surface area contributed by atoms with Gasteiger partial charge in [-0.2, -0.15) is 0 Å². The molecule has 1 aliphatic carbocycles. The second-order valence-corrected chi connectivity index (χ2v) is 10.8. The summed E-state index contributed by atoms with van der Waals surface area (Å²) < 4.78 is 0. The van der Waals surface area contributed by atoms with Crippen LogP contribution in [-0.4, -0.2) is 54.5 Å². The molecule has 7 heteroatoms. The maximum Gasteiger partial charge on any atom is 0.325 e. The second-order valence-electron chi connectivity index (χ2n) is 10.8. The summed E-state index contributed by atoms with van der Waals surface area (Å²) in [5.41, 5.74) is 12.0. The second kappa shape index (κ2) is 9.90. The van der Waals surface area contributed by atoms with Crippen molar-refractivity contribution in [3.63, 3.8) is 0 Å². The number of aryl methyl sites for hydroxylation is 2. The fourth-order valence-electron chi connectivity index (χ4n) is 5.75. The van der Waals surface area contributed by atoms with Gasteiger partial charge < -0.3 is 20.9 Å². The number of carbonyl (C=O) groups excluding carboxylic acids is 2. The molecule has 0 aromatic heterocycles. The summed E-state index contributed by atoms with van der Waals surface area (Å²) in [7, 11) is 4.10. The highest BCUT2D eigenvalue weighted by Gasteiger charge is 2.47. The van der Waals surface area contributed by atoms with Gasteiger partial charge in [0.15, 0.2) is 0 Å². The molecule has 192 valence electrons. The number of hydrogen-bond donors (Lipinski definition) is 2. The molecule has 3 amide bonds. The minimum atomic E-state index is -0.358. The fraction of sp³-hybridized carbons (Fsp3) is 0.333. The molecular formula is C30H35N5O2. The summed E-state index contributed by atoms with van der Waals surface area (Å²) in [5.74, 6) is -0.219. The van der Waals surface area contributed by atoms with Crippen molar-refractivity contribution in [1.29, 1.82) is 0 Å². The van der Waals surface area contributed by atoms with Crippen LogP contribution in [0.2, 0.25) is 0 Å². The maximum atomic E-state index is 13.8. The summed E-state index contributed by atoms with van der Waals surface area (Å²) in [6.45, 7) is 4.03. The molecule has 3 aromatic rings. The number of carbonyl (C=O) groups is 2. The number of hydrogen-bond acceptors (Lipinski definition) is 4. The van der Waals surface area contributed by atoms with Crippen LogP contribution in [0, 0.1) is 0 Å². The van der Waals surface area contributed by atoms with Crippen molar-refractivity contribution in [3.05, 3.63) is 89.0 Å². The first kappa shape index (κ1) is 24.8. The summed E-state index contributed by atoms with van der Waals surface area (Å²) >= 11 is 0. The van der Waals surface area contributed by atoms with Crippen LogP contribution in [0.1, 0.15) is 40.4 Å². The molecule has 1 saturated heterocycles. The SMILES string of the molecule is CN(C)CC1(C)CN(Cc2ccc(C(=O)Nc3ccccc3N)cc2)C(=O)N1c1ccc2c(c1)CCC2. The molecule has 0 radical (unpaired) electrons. The number of likely N-dealkylation sites (N-methyl/N-ethyl adjacent to an activating group) is 1. The predicted octanol–water partition coefficient (Wildman–Crippen LogP) is 4.77. The quantitative estimate of drug-likeness (QED) is 0.461. The van der Waals surface area contributed by atoms with Crippen molar-refractivity contribution in [2.24, 2.45) is 0 Å². The molecular weight excluding hydrogens is 462 g/mol. The van der Waals surface area contributed by atoms with Crippen molar-refractivity contribution >= 4 is 29.0 Å². The van der Waals surface area contributed by atoms with E-state index in [4.69, 9.17) is 5.73 Å². The van der Waals surface area contributed by atoms with Gasteiger partial charge in [0.25, 0.3) is 5.91 Å². The largest absolute Gasteiger partial charge is 0.397 e. The van der Waals surface area contributed by atoms with Crippen molar-refractivity contribution in [3.8, 4) is 0 Å². The van der Waals surface area contributed by atoms with E-state index in [0.29, 0.717) is 30.0 Å². The molecule has 1 atom stereocenters. The minimum absolute atomic E-state index is 0.0173. The van der Waals surface area contributed by atoms with Crippen LogP contribution < -0.4 is 16.0 Å². The lowest BCUT2D eigenvalue weighted by Crippen LogP contribution is -2.51. The lowest BCUT2D eigenvalue weighted by Gasteiger charge is -2.36. The van der Waals surface area contributed by atoms with E-state index in [2.05, 4.69) is 35.3 Å². The highest BCUT2D eigenvalue weighted by molar-refractivity contribution is 6.05. The number of anilines is 3. The van der Waals surface area contributed by atoms with Crippen molar-refractivity contribution in [1.82, 2.24) is 9.80 Å². The Hall–Kier alpha value is -3.84. The van der Waals surface area contributed by atoms with E-state index in [9.17, 15) is 9.59 Å². The van der Waals surface area contributed by atoms with Crippen LogP contribution in [0.3, 0.4) is 0 Å². The highest BCUT2D eigenvalue weighted by Crippen LogP contribution is 2.36. The molecule has 2 aliphatic rings. The van der Waals surface area contributed by atoms with Gasteiger partial charge in [-0.3, -0.25) is 9.69 Å². The molecule has 7 nitrogen and oxygen atoms in total. The zero-order valence-corrected chi connectivity index (χ0v) is 21.8. The average Bonchev–Trinajstić information content (AvgIpc) is 3.41.